The average molecular weight is 328 g/mol. The third-order valence-electron chi connectivity index (χ3n) is 3.82. The number of H-pyrrole nitrogens is 1. The highest BCUT2D eigenvalue weighted by Crippen LogP contribution is 2.33. The van der Waals surface area contributed by atoms with Gasteiger partial charge in [0.2, 0.25) is 10.0 Å². The molecule has 0 radical (unpaired) electrons. The summed E-state index contributed by atoms with van der Waals surface area (Å²) in [6, 6.07) is 6.34. The van der Waals surface area contributed by atoms with Crippen molar-refractivity contribution in [2.24, 2.45) is 5.14 Å². The van der Waals surface area contributed by atoms with Crippen molar-refractivity contribution in [3.05, 3.63) is 59.9 Å². The van der Waals surface area contributed by atoms with Gasteiger partial charge in [0.25, 0.3) is 0 Å². The Bertz CT molecular complexity index is 933. The van der Waals surface area contributed by atoms with Crippen molar-refractivity contribution in [3.8, 4) is 11.1 Å². The van der Waals surface area contributed by atoms with Crippen molar-refractivity contribution < 1.29 is 13.2 Å². The van der Waals surface area contributed by atoms with Gasteiger partial charge in [0, 0.05) is 23.8 Å². The minimum atomic E-state index is -3.72. The molecule has 3 N–H and O–H groups in total. The number of carbonyl (C=O) groups excluding carboxylic acids is 1. The van der Waals surface area contributed by atoms with Crippen LogP contribution in [0.15, 0.2) is 53.6 Å². The van der Waals surface area contributed by atoms with Crippen LogP contribution in [0.5, 0.6) is 0 Å². The van der Waals surface area contributed by atoms with Gasteiger partial charge in [-0.3, -0.25) is 4.79 Å². The lowest BCUT2D eigenvalue weighted by atomic mass is 9.93. The second-order valence-corrected chi connectivity index (χ2v) is 6.99. The molecule has 0 aliphatic heterocycles. The molecule has 0 amide bonds. The van der Waals surface area contributed by atoms with Crippen LogP contribution in [0.25, 0.3) is 16.7 Å². The minimum Gasteiger partial charge on any atom is -0.360 e. The zero-order chi connectivity index (χ0) is 16.6. The van der Waals surface area contributed by atoms with Crippen LogP contribution in [0.1, 0.15) is 17.7 Å². The Hall–Kier alpha value is -2.44. The molecular weight excluding hydrogens is 312 g/mol. The summed E-state index contributed by atoms with van der Waals surface area (Å²) in [7, 11) is -3.72. The molecule has 0 unspecified atom stereocenters. The van der Waals surface area contributed by atoms with Gasteiger partial charge in [-0.1, -0.05) is 24.3 Å². The number of primary sulfonamides is 1. The Morgan fingerprint density at radius 3 is 2.48 bits per heavy atom. The average Bonchev–Trinajstić information content (AvgIpc) is 2.88. The molecule has 2 aromatic rings. The van der Waals surface area contributed by atoms with Crippen molar-refractivity contribution in [2.75, 3.05) is 0 Å². The van der Waals surface area contributed by atoms with Crippen molar-refractivity contribution in [1.29, 1.82) is 0 Å². The minimum absolute atomic E-state index is 0.0526. The number of nitrogens with one attached hydrogen (secondary N) is 1. The van der Waals surface area contributed by atoms with Gasteiger partial charge in [0.15, 0.2) is 5.78 Å². The van der Waals surface area contributed by atoms with Gasteiger partial charge in [-0.2, -0.15) is 0 Å². The summed E-state index contributed by atoms with van der Waals surface area (Å²) < 4.78 is 22.7. The van der Waals surface area contributed by atoms with Gasteiger partial charge in [-0.15, -0.1) is 0 Å². The van der Waals surface area contributed by atoms with Gasteiger partial charge >= 0.3 is 0 Å². The number of carbonyl (C=O) groups is 1. The van der Waals surface area contributed by atoms with Crippen LogP contribution < -0.4 is 5.14 Å². The van der Waals surface area contributed by atoms with Crippen molar-refractivity contribution in [2.45, 2.75) is 18.2 Å². The highest BCUT2D eigenvalue weighted by atomic mass is 32.2. The number of hydrogen-bond donors (Lipinski definition) is 2. The molecule has 0 spiro atoms. The lowest BCUT2D eigenvalue weighted by Crippen LogP contribution is -2.11. The maximum atomic E-state index is 12.1. The van der Waals surface area contributed by atoms with Crippen LogP contribution in [0, 0.1) is 6.92 Å². The molecule has 6 heteroatoms. The number of sulfonamides is 1. The Morgan fingerprint density at radius 1 is 1.17 bits per heavy atom. The van der Waals surface area contributed by atoms with Crippen molar-refractivity contribution in [3.63, 3.8) is 0 Å². The number of nitrogens with two attached hydrogens (primary N) is 1. The largest absolute Gasteiger partial charge is 0.360 e. The third kappa shape index (κ3) is 2.91. The van der Waals surface area contributed by atoms with E-state index in [9.17, 15) is 13.2 Å². The summed E-state index contributed by atoms with van der Waals surface area (Å²) in [5.41, 5.74) is 4.08. The molecule has 1 aromatic carbocycles. The standard InChI is InChI=1S/C17H16N2O3S/c1-11-10-19-17(14-4-2-3-5-15(14)20)16(11)12-6-8-13(9-7-12)23(18,21)22/h2-4,6-10,19H,5H2,1H3,(H2,18,21,22). The molecule has 0 saturated carbocycles. The van der Waals surface area contributed by atoms with Crippen LogP contribution >= 0.6 is 0 Å². The fourth-order valence-electron chi connectivity index (χ4n) is 2.68. The summed E-state index contributed by atoms with van der Waals surface area (Å²) in [6.07, 6.45) is 7.70. The van der Waals surface area contributed by atoms with E-state index in [-0.39, 0.29) is 10.7 Å². The van der Waals surface area contributed by atoms with E-state index in [2.05, 4.69) is 4.98 Å². The summed E-state index contributed by atoms with van der Waals surface area (Å²) in [5.74, 6) is 0.0526. The molecule has 0 atom stereocenters. The number of aromatic amines is 1. The lowest BCUT2D eigenvalue weighted by molar-refractivity contribution is -0.113. The maximum absolute atomic E-state index is 12.1. The van der Waals surface area contributed by atoms with E-state index in [1.807, 2.05) is 25.3 Å². The molecule has 1 aromatic heterocycles. The number of ketones is 1. The number of aryl methyl sites for hydroxylation is 1. The van der Waals surface area contributed by atoms with Crippen molar-refractivity contribution >= 4 is 21.4 Å². The first-order valence-corrected chi connectivity index (χ1v) is 8.64. The smallest absolute Gasteiger partial charge is 0.238 e. The Kier molecular flexibility index (Phi) is 3.79. The van der Waals surface area contributed by atoms with Gasteiger partial charge < -0.3 is 4.98 Å². The summed E-state index contributed by atoms with van der Waals surface area (Å²) in [5, 5.41) is 5.13. The molecule has 0 saturated heterocycles. The van der Waals surface area contributed by atoms with E-state index in [1.54, 1.807) is 18.2 Å². The van der Waals surface area contributed by atoms with E-state index >= 15 is 0 Å². The monoisotopic (exact) mass is 328 g/mol. The molecule has 1 heterocycles. The Labute approximate surface area is 134 Å². The summed E-state index contributed by atoms with van der Waals surface area (Å²) in [4.78, 5) is 15.4. The molecule has 118 valence electrons. The predicted octanol–water partition coefficient (Wildman–Crippen LogP) is 2.55. The predicted molar refractivity (Wildman–Crippen MR) is 89.1 cm³/mol. The number of allylic oxidation sites excluding steroid dienone is 4. The molecule has 3 rings (SSSR count). The van der Waals surface area contributed by atoms with Crippen LogP contribution in [-0.2, 0) is 14.8 Å². The zero-order valence-electron chi connectivity index (χ0n) is 12.5. The number of hydrogen-bond acceptors (Lipinski definition) is 3. The molecule has 0 bridgehead atoms. The second kappa shape index (κ2) is 5.64. The number of benzene rings is 1. The van der Waals surface area contributed by atoms with Crippen LogP contribution in [0.3, 0.4) is 0 Å². The van der Waals surface area contributed by atoms with Crippen LogP contribution in [0.2, 0.25) is 0 Å². The van der Waals surface area contributed by atoms with Gasteiger partial charge in [0.05, 0.1) is 10.6 Å². The fourth-order valence-corrected chi connectivity index (χ4v) is 3.20. The highest BCUT2D eigenvalue weighted by molar-refractivity contribution is 7.89. The lowest BCUT2D eigenvalue weighted by Gasteiger charge is -2.11. The highest BCUT2D eigenvalue weighted by Gasteiger charge is 2.20. The molecular formula is C17H16N2O3S. The molecule has 1 aliphatic rings. The Morgan fingerprint density at radius 2 is 1.87 bits per heavy atom. The Balaban J connectivity index is 2.11. The number of Topliss-reactive ketones (excluding diaryl/α,β-unsaturated/α-hetero) is 1. The summed E-state index contributed by atoms with van der Waals surface area (Å²) in [6.45, 7) is 1.94. The quantitative estimate of drug-likeness (QED) is 0.906. The zero-order valence-corrected chi connectivity index (χ0v) is 13.4. The van der Waals surface area contributed by atoms with Crippen LogP contribution in [-0.4, -0.2) is 19.2 Å². The van der Waals surface area contributed by atoms with Gasteiger partial charge in [0.1, 0.15) is 0 Å². The van der Waals surface area contributed by atoms with Gasteiger partial charge in [-0.25, -0.2) is 13.6 Å². The number of aromatic nitrogens is 1. The second-order valence-electron chi connectivity index (χ2n) is 5.43. The van der Waals surface area contributed by atoms with Crippen molar-refractivity contribution in [1.82, 2.24) is 4.98 Å². The molecule has 5 nitrogen and oxygen atoms in total. The van der Waals surface area contributed by atoms with E-state index < -0.39 is 10.0 Å². The van der Waals surface area contributed by atoms with E-state index in [4.69, 9.17) is 5.14 Å². The first-order valence-electron chi connectivity index (χ1n) is 7.09. The van der Waals surface area contributed by atoms with Gasteiger partial charge in [-0.05, 0) is 36.3 Å². The first kappa shape index (κ1) is 15.5. The topological polar surface area (TPSA) is 93.0 Å². The maximum Gasteiger partial charge on any atom is 0.238 e. The number of rotatable bonds is 3. The normalized spacial score (nSPS) is 14.9. The molecule has 1 aliphatic carbocycles. The summed E-state index contributed by atoms with van der Waals surface area (Å²) >= 11 is 0. The van der Waals surface area contributed by atoms with E-state index in [1.165, 1.54) is 12.1 Å². The fraction of sp³-hybridized carbons (Fsp3) is 0.118. The first-order chi connectivity index (χ1) is 10.9. The third-order valence-corrected chi connectivity index (χ3v) is 4.75. The van der Waals surface area contributed by atoms with Crippen LogP contribution in [0.4, 0.5) is 0 Å². The molecule has 23 heavy (non-hydrogen) atoms. The van der Waals surface area contributed by atoms with E-state index in [0.717, 1.165) is 22.4 Å². The molecule has 0 fully saturated rings. The SMILES string of the molecule is Cc1c[nH]c(C2=CC=CCC2=O)c1-c1ccc(S(N)(=O)=O)cc1. The van der Waals surface area contributed by atoms with E-state index in [0.29, 0.717) is 12.0 Å².